The Bertz CT molecular complexity index is 526. The number of H-pyrrole nitrogens is 1. The molecule has 0 fully saturated rings. The average Bonchev–Trinajstić information content (AvgIpc) is 2.17. The van der Waals surface area contributed by atoms with E-state index in [0.717, 1.165) is 11.3 Å². The predicted octanol–water partition coefficient (Wildman–Crippen LogP) is 2.05. The van der Waals surface area contributed by atoms with E-state index >= 15 is 0 Å². The van der Waals surface area contributed by atoms with Gasteiger partial charge >= 0.3 is 0 Å². The highest BCUT2D eigenvalue weighted by molar-refractivity contribution is 5.58. The highest BCUT2D eigenvalue weighted by Crippen LogP contribution is 2.15. The van der Waals surface area contributed by atoms with Gasteiger partial charge in [-0.1, -0.05) is 29.8 Å². The quantitative estimate of drug-likeness (QED) is 0.765. The number of nitrogens with zero attached hydrogens (tertiary/aromatic N) is 1. The van der Waals surface area contributed by atoms with Crippen molar-refractivity contribution in [2.24, 2.45) is 0 Å². The Kier molecular flexibility index (Phi) is 2.37. The van der Waals surface area contributed by atoms with E-state index in [0.29, 0.717) is 5.82 Å². The summed E-state index contributed by atoms with van der Waals surface area (Å²) in [6.07, 6.45) is 0. The summed E-state index contributed by atoms with van der Waals surface area (Å²) in [4.78, 5) is 18.2. The maximum absolute atomic E-state index is 11.3. The topological polar surface area (TPSA) is 45.8 Å². The maximum atomic E-state index is 11.3. The van der Waals surface area contributed by atoms with Gasteiger partial charge in [0.25, 0.3) is 5.56 Å². The van der Waals surface area contributed by atoms with Crippen LogP contribution in [0.5, 0.6) is 0 Å². The van der Waals surface area contributed by atoms with Gasteiger partial charge in [0.1, 0.15) is 5.82 Å². The van der Waals surface area contributed by atoms with Crippen molar-refractivity contribution in [1.29, 1.82) is 0 Å². The fourth-order valence-electron chi connectivity index (χ4n) is 1.45. The summed E-state index contributed by atoms with van der Waals surface area (Å²) in [6.45, 7) is 3.80. The van der Waals surface area contributed by atoms with Gasteiger partial charge in [0.15, 0.2) is 0 Å². The summed E-state index contributed by atoms with van der Waals surface area (Å²) in [5.74, 6) is 0.637. The Balaban J connectivity index is 2.54. The SMILES string of the molecule is Cc1ccc(-c2cc(=O)[nH]c(C)n2)cc1. The van der Waals surface area contributed by atoms with Gasteiger partial charge in [0, 0.05) is 11.6 Å². The standard InChI is InChI=1S/C12H12N2O/c1-8-3-5-10(6-4-8)11-7-12(15)14-9(2)13-11/h3-7H,1-2H3,(H,13,14,15). The number of aromatic amines is 1. The first kappa shape index (κ1) is 9.65. The number of aryl methyl sites for hydroxylation is 2. The van der Waals surface area contributed by atoms with E-state index < -0.39 is 0 Å². The Morgan fingerprint density at radius 1 is 1.13 bits per heavy atom. The van der Waals surface area contributed by atoms with Gasteiger partial charge in [0.05, 0.1) is 5.69 Å². The number of rotatable bonds is 1. The molecule has 1 aromatic heterocycles. The summed E-state index contributed by atoms with van der Waals surface area (Å²) >= 11 is 0. The first-order chi connectivity index (χ1) is 7.15. The van der Waals surface area contributed by atoms with Crippen molar-refractivity contribution in [3.63, 3.8) is 0 Å². The summed E-state index contributed by atoms with van der Waals surface area (Å²) in [5.41, 5.74) is 2.77. The van der Waals surface area contributed by atoms with Crippen molar-refractivity contribution in [2.45, 2.75) is 13.8 Å². The molecular weight excluding hydrogens is 188 g/mol. The summed E-state index contributed by atoms with van der Waals surface area (Å²) in [7, 11) is 0. The monoisotopic (exact) mass is 200 g/mol. The molecule has 0 bridgehead atoms. The van der Waals surface area contributed by atoms with Crippen LogP contribution in [-0.2, 0) is 0 Å². The van der Waals surface area contributed by atoms with Crippen LogP contribution in [0.3, 0.4) is 0 Å². The van der Waals surface area contributed by atoms with Crippen molar-refractivity contribution in [3.05, 3.63) is 52.1 Å². The Hall–Kier alpha value is -1.90. The Labute approximate surface area is 87.8 Å². The van der Waals surface area contributed by atoms with E-state index in [4.69, 9.17) is 0 Å². The van der Waals surface area contributed by atoms with Crippen molar-refractivity contribution < 1.29 is 0 Å². The molecule has 2 rings (SSSR count). The maximum Gasteiger partial charge on any atom is 0.251 e. The molecule has 2 aromatic rings. The van der Waals surface area contributed by atoms with Crippen LogP contribution >= 0.6 is 0 Å². The van der Waals surface area contributed by atoms with Crippen molar-refractivity contribution in [3.8, 4) is 11.3 Å². The molecule has 1 aromatic carbocycles. The van der Waals surface area contributed by atoms with Crippen LogP contribution in [0.4, 0.5) is 0 Å². The molecule has 1 heterocycles. The molecule has 3 nitrogen and oxygen atoms in total. The number of hydrogen-bond acceptors (Lipinski definition) is 2. The molecule has 0 aliphatic heterocycles. The summed E-state index contributed by atoms with van der Waals surface area (Å²) < 4.78 is 0. The van der Waals surface area contributed by atoms with Gasteiger partial charge in [-0.3, -0.25) is 4.79 Å². The first-order valence-corrected chi connectivity index (χ1v) is 4.80. The van der Waals surface area contributed by atoms with Crippen LogP contribution in [0.1, 0.15) is 11.4 Å². The third-order valence-electron chi connectivity index (χ3n) is 2.21. The van der Waals surface area contributed by atoms with E-state index in [-0.39, 0.29) is 5.56 Å². The van der Waals surface area contributed by atoms with E-state index in [1.807, 2.05) is 31.2 Å². The molecule has 3 heteroatoms. The molecule has 0 radical (unpaired) electrons. The number of benzene rings is 1. The highest BCUT2D eigenvalue weighted by atomic mass is 16.1. The minimum absolute atomic E-state index is 0.113. The molecule has 0 aliphatic rings. The molecule has 0 atom stereocenters. The zero-order valence-electron chi connectivity index (χ0n) is 8.74. The van der Waals surface area contributed by atoms with Crippen LogP contribution in [0.2, 0.25) is 0 Å². The third kappa shape index (κ3) is 2.13. The van der Waals surface area contributed by atoms with Crippen LogP contribution < -0.4 is 5.56 Å². The second-order valence-corrected chi connectivity index (χ2v) is 3.58. The zero-order chi connectivity index (χ0) is 10.8. The van der Waals surface area contributed by atoms with Crippen LogP contribution in [0, 0.1) is 13.8 Å². The molecule has 0 unspecified atom stereocenters. The van der Waals surface area contributed by atoms with E-state index in [9.17, 15) is 4.79 Å². The Morgan fingerprint density at radius 2 is 1.80 bits per heavy atom. The number of nitrogens with one attached hydrogen (secondary N) is 1. The lowest BCUT2D eigenvalue weighted by Gasteiger charge is -2.01. The molecule has 0 spiro atoms. The van der Waals surface area contributed by atoms with Crippen LogP contribution in [0.15, 0.2) is 35.1 Å². The minimum atomic E-state index is -0.113. The van der Waals surface area contributed by atoms with Crippen molar-refractivity contribution in [1.82, 2.24) is 9.97 Å². The molecule has 0 saturated heterocycles. The van der Waals surface area contributed by atoms with Crippen molar-refractivity contribution >= 4 is 0 Å². The number of aromatic nitrogens is 2. The largest absolute Gasteiger partial charge is 0.311 e. The van der Waals surface area contributed by atoms with Crippen molar-refractivity contribution in [2.75, 3.05) is 0 Å². The molecule has 76 valence electrons. The third-order valence-corrected chi connectivity index (χ3v) is 2.21. The normalized spacial score (nSPS) is 10.3. The van der Waals surface area contributed by atoms with Crippen LogP contribution in [0.25, 0.3) is 11.3 Å². The predicted molar refractivity (Wildman–Crippen MR) is 59.8 cm³/mol. The average molecular weight is 200 g/mol. The fraction of sp³-hybridized carbons (Fsp3) is 0.167. The summed E-state index contributed by atoms with van der Waals surface area (Å²) in [6, 6.07) is 9.46. The lowest BCUT2D eigenvalue weighted by Crippen LogP contribution is -2.08. The second-order valence-electron chi connectivity index (χ2n) is 3.58. The molecule has 0 amide bonds. The number of hydrogen-bond donors (Lipinski definition) is 1. The van der Waals surface area contributed by atoms with Gasteiger partial charge in [-0.15, -0.1) is 0 Å². The molecule has 15 heavy (non-hydrogen) atoms. The molecule has 0 saturated carbocycles. The smallest absolute Gasteiger partial charge is 0.251 e. The molecule has 0 aliphatic carbocycles. The fourth-order valence-corrected chi connectivity index (χ4v) is 1.45. The highest BCUT2D eigenvalue weighted by Gasteiger charge is 2.00. The minimum Gasteiger partial charge on any atom is -0.311 e. The molecule has 1 N–H and O–H groups in total. The van der Waals surface area contributed by atoms with E-state index in [1.165, 1.54) is 11.6 Å². The van der Waals surface area contributed by atoms with E-state index in [2.05, 4.69) is 9.97 Å². The van der Waals surface area contributed by atoms with Crippen LogP contribution in [-0.4, -0.2) is 9.97 Å². The van der Waals surface area contributed by atoms with Gasteiger partial charge in [0.2, 0.25) is 0 Å². The zero-order valence-corrected chi connectivity index (χ0v) is 8.74. The first-order valence-electron chi connectivity index (χ1n) is 4.80. The Morgan fingerprint density at radius 3 is 2.40 bits per heavy atom. The molecular formula is C12H12N2O. The van der Waals surface area contributed by atoms with Gasteiger partial charge < -0.3 is 4.98 Å². The lowest BCUT2D eigenvalue weighted by molar-refractivity contribution is 1.02. The second kappa shape index (κ2) is 3.69. The van der Waals surface area contributed by atoms with E-state index in [1.54, 1.807) is 6.92 Å². The van der Waals surface area contributed by atoms with Gasteiger partial charge in [-0.2, -0.15) is 0 Å². The van der Waals surface area contributed by atoms with Gasteiger partial charge in [-0.05, 0) is 13.8 Å². The van der Waals surface area contributed by atoms with Gasteiger partial charge in [-0.25, -0.2) is 4.98 Å². The lowest BCUT2D eigenvalue weighted by atomic mass is 10.1. The summed E-state index contributed by atoms with van der Waals surface area (Å²) in [5, 5.41) is 0.